The summed E-state index contributed by atoms with van der Waals surface area (Å²) in [5.41, 5.74) is 1.79. The van der Waals surface area contributed by atoms with Gasteiger partial charge in [-0.3, -0.25) is 14.6 Å². The molecule has 1 unspecified atom stereocenters. The molecule has 31 heavy (non-hydrogen) atoms. The van der Waals surface area contributed by atoms with Gasteiger partial charge in [0.25, 0.3) is 5.91 Å². The van der Waals surface area contributed by atoms with Gasteiger partial charge in [-0.05, 0) is 68.9 Å². The van der Waals surface area contributed by atoms with Crippen LogP contribution in [0.5, 0.6) is 5.75 Å². The van der Waals surface area contributed by atoms with Crippen LogP contribution in [-0.4, -0.2) is 55.7 Å². The van der Waals surface area contributed by atoms with Crippen molar-refractivity contribution in [2.75, 3.05) is 37.7 Å². The van der Waals surface area contributed by atoms with Crippen LogP contribution in [0.2, 0.25) is 0 Å². The van der Waals surface area contributed by atoms with Gasteiger partial charge in [0.2, 0.25) is 5.91 Å². The first-order valence-electron chi connectivity index (χ1n) is 11.0. The second-order valence-corrected chi connectivity index (χ2v) is 7.41. The summed E-state index contributed by atoms with van der Waals surface area (Å²) in [5, 5.41) is 0. The maximum Gasteiger partial charge on any atom is 0.265 e. The molecule has 0 saturated heterocycles. The zero-order chi connectivity index (χ0) is 22.2. The van der Waals surface area contributed by atoms with Crippen LogP contribution < -0.4 is 9.64 Å². The minimum absolute atomic E-state index is 0.277. The van der Waals surface area contributed by atoms with Crippen LogP contribution in [0.25, 0.3) is 0 Å². The van der Waals surface area contributed by atoms with Gasteiger partial charge < -0.3 is 9.64 Å². The van der Waals surface area contributed by atoms with E-state index in [4.69, 9.17) is 4.74 Å². The molecule has 1 atom stereocenters. The van der Waals surface area contributed by atoms with E-state index in [9.17, 15) is 9.59 Å². The summed E-state index contributed by atoms with van der Waals surface area (Å²) in [6, 6.07) is 14.3. The first kappa shape index (κ1) is 22.7. The van der Waals surface area contributed by atoms with Gasteiger partial charge in [0.1, 0.15) is 5.75 Å². The van der Waals surface area contributed by atoms with Crippen molar-refractivity contribution in [2.24, 2.45) is 4.99 Å². The molecule has 2 aromatic carbocycles. The molecule has 0 saturated carbocycles. The second kappa shape index (κ2) is 10.9. The topological polar surface area (TPSA) is 62.2 Å². The number of amides is 2. The number of nitrogens with zero attached hydrogens (tertiary/aromatic N) is 3. The number of hydrogen-bond donors (Lipinski definition) is 0. The molecule has 1 heterocycles. The number of carbonyl (C=O) groups is 2. The Balaban J connectivity index is 1.82. The van der Waals surface area contributed by atoms with E-state index in [-0.39, 0.29) is 11.8 Å². The fourth-order valence-electron chi connectivity index (χ4n) is 3.81. The molecule has 0 fully saturated rings. The Hall–Kier alpha value is -2.99. The minimum atomic E-state index is -0.575. The van der Waals surface area contributed by atoms with Gasteiger partial charge in [-0.1, -0.05) is 32.0 Å². The third kappa shape index (κ3) is 5.20. The molecule has 6 heteroatoms. The maximum absolute atomic E-state index is 13.3. The van der Waals surface area contributed by atoms with Crippen molar-refractivity contribution < 1.29 is 14.3 Å². The number of benzene rings is 2. The molecule has 3 rings (SSSR count). The smallest absolute Gasteiger partial charge is 0.265 e. The third-order valence-corrected chi connectivity index (χ3v) is 5.53. The standard InChI is InChI=1S/C25H31N3O3/c1-4-27(5-2)17-9-16-26-18-23-21-10-7-8-11-22(21)24(29)28(25(23)30)19-12-14-20(15-13-19)31-6-3/h7-8,10-15,18,23H,4-6,9,16-17H2,1-3H3. The van der Waals surface area contributed by atoms with Crippen LogP contribution in [-0.2, 0) is 4.79 Å². The molecular formula is C25H31N3O3. The molecule has 0 spiro atoms. The number of fused-ring (bicyclic) bond motifs is 1. The molecule has 2 aromatic rings. The van der Waals surface area contributed by atoms with Crippen LogP contribution >= 0.6 is 0 Å². The lowest BCUT2D eigenvalue weighted by Crippen LogP contribution is -2.45. The number of imide groups is 1. The molecule has 2 amide bonds. The number of ether oxygens (including phenoxy) is 1. The van der Waals surface area contributed by atoms with Crippen LogP contribution in [0.15, 0.2) is 53.5 Å². The van der Waals surface area contributed by atoms with E-state index in [1.54, 1.807) is 36.5 Å². The zero-order valence-electron chi connectivity index (χ0n) is 18.6. The van der Waals surface area contributed by atoms with Gasteiger partial charge in [0, 0.05) is 18.3 Å². The maximum atomic E-state index is 13.3. The Morgan fingerprint density at radius 1 is 1.03 bits per heavy atom. The summed E-state index contributed by atoms with van der Waals surface area (Å²) in [6.45, 7) is 10.4. The monoisotopic (exact) mass is 421 g/mol. The molecule has 0 bridgehead atoms. The first-order chi connectivity index (χ1) is 15.1. The van der Waals surface area contributed by atoms with E-state index in [0.717, 1.165) is 26.1 Å². The lowest BCUT2D eigenvalue weighted by molar-refractivity contribution is -0.118. The third-order valence-electron chi connectivity index (χ3n) is 5.53. The highest BCUT2D eigenvalue weighted by atomic mass is 16.5. The van der Waals surface area contributed by atoms with Crippen LogP contribution in [0, 0.1) is 0 Å². The molecule has 6 nitrogen and oxygen atoms in total. The highest BCUT2D eigenvalue weighted by Gasteiger charge is 2.38. The van der Waals surface area contributed by atoms with Gasteiger partial charge in [-0.15, -0.1) is 0 Å². The minimum Gasteiger partial charge on any atom is -0.494 e. The molecule has 0 aliphatic carbocycles. The van der Waals surface area contributed by atoms with Crippen LogP contribution in [0.4, 0.5) is 5.69 Å². The molecule has 0 N–H and O–H groups in total. The van der Waals surface area contributed by atoms with Gasteiger partial charge in [-0.25, -0.2) is 4.90 Å². The number of aliphatic imine (C=N–C) groups is 1. The summed E-state index contributed by atoms with van der Waals surface area (Å²) in [6.07, 6.45) is 2.64. The average Bonchev–Trinajstić information content (AvgIpc) is 2.79. The number of carbonyl (C=O) groups excluding carboxylic acids is 2. The van der Waals surface area contributed by atoms with E-state index >= 15 is 0 Å². The summed E-state index contributed by atoms with van der Waals surface area (Å²) in [5.74, 6) is -0.458. The number of hydrogen-bond acceptors (Lipinski definition) is 5. The van der Waals surface area contributed by atoms with Crippen LogP contribution in [0.1, 0.15) is 49.0 Å². The van der Waals surface area contributed by atoms with Crippen molar-refractivity contribution in [1.82, 2.24) is 4.90 Å². The quantitative estimate of drug-likeness (QED) is 0.328. The highest BCUT2D eigenvalue weighted by molar-refractivity contribution is 6.29. The molecule has 0 aromatic heterocycles. The molecule has 1 aliphatic rings. The Labute approximate surface area is 184 Å². The second-order valence-electron chi connectivity index (χ2n) is 7.41. The first-order valence-corrected chi connectivity index (χ1v) is 11.0. The molecule has 1 aliphatic heterocycles. The van der Waals surface area contributed by atoms with Crippen molar-refractivity contribution in [3.63, 3.8) is 0 Å². The summed E-state index contributed by atoms with van der Waals surface area (Å²) < 4.78 is 5.48. The largest absolute Gasteiger partial charge is 0.494 e. The van der Waals surface area contributed by atoms with E-state index in [1.807, 2.05) is 25.1 Å². The highest BCUT2D eigenvalue weighted by Crippen LogP contribution is 2.32. The summed E-state index contributed by atoms with van der Waals surface area (Å²) in [4.78, 5) is 34.6. The average molecular weight is 422 g/mol. The lowest BCUT2D eigenvalue weighted by Gasteiger charge is -2.31. The fourth-order valence-corrected chi connectivity index (χ4v) is 3.81. The summed E-state index contributed by atoms with van der Waals surface area (Å²) in [7, 11) is 0. The van der Waals surface area contributed by atoms with E-state index in [0.29, 0.717) is 35.7 Å². The Morgan fingerprint density at radius 2 is 1.74 bits per heavy atom. The normalized spacial score (nSPS) is 16.3. The van der Waals surface area contributed by atoms with Crippen molar-refractivity contribution in [3.05, 3.63) is 59.7 Å². The lowest BCUT2D eigenvalue weighted by atomic mass is 9.89. The molecule has 0 radical (unpaired) electrons. The van der Waals surface area contributed by atoms with E-state index < -0.39 is 5.92 Å². The SMILES string of the molecule is CCOc1ccc(N2C(=O)c3ccccc3C(C=NCCCN(CC)CC)C2=O)cc1. The van der Waals surface area contributed by atoms with E-state index in [2.05, 4.69) is 23.7 Å². The Kier molecular flexibility index (Phi) is 7.95. The van der Waals surface area contributed by atoms with E-state index in [1.165, 1.54) is 4.90 Å². The molecular weight excluding hydrogens is 390 g/mol. The van der Waals surface area contributed by atoms with Crippen molar-refractivity contribution in [1.29, 1.82) is 0 Å². The Morgan fingerprint density at radius 3 is 2.42 bits per heavy atom. The number of rotatable bonds is 10. The van der Waals surface area contributed by atoms with Gasteiger partial charge in [0.05, 0.1) is 18.2 Å². The van der Waals surface area contributed by atoms with Crippen molar-refractivity contribution in [2.45, 2.75) is 33.1 Å². The fraction of sp³-hybridized carbons (Fsp3) is 0.400. The molecule has 164 valence electrons. The van der Waals surface area contributed by atoms with Gasteiger partial charge in [0.15, 0.2) is 0 Å². The van der Waals surface area contributed by atoms with Crippen LogP contribution in [0.3, 0.4) is 0 Å². The van der Waals surface area contributed by atoms with Crippen molar-refractivity contribution >= 4 is 23.7 Å². The van der Waals surface area contributed by atoms with Gasteiger partial charge in [-0.2, -0.15) is 0 Å². The number of anilines is 1. The van der Waals surface area contributed by atoms with Gasteiger partial charge >= 0.3 is 0 Å². The zero-order valence-corrected chi connectivity index (χ0v) is 18.6. The summed E-state index contributed by atoms with van der Waals surface area (Å²) >= 11 is 0. The van der Waals surface area contributed by atoms with Crippen molar-refractivity contribution in [3.8, 4) is 5.75 Å². The Bertz CT molecular complexity index is 920. The predicted molar refractivity (Wildman–Crippen MR) is 124 cm³/mol. The predicted octanol–water partition coefficient (Wildman–Crippen LogP) is 4.16.